The molecular weight excluding hydrogens is 306 g/mol. The van der Waals surface area contributed by atoms with Gasteiger partial charge in [-0.3, -0.25) is 5.32 Å². The van der Waals surface area contributed by atoms with Crippen molar-refractivity contribution >= 4 is 17.7 Å². The van der Waals surface area contributed by atoms with Crippen molar-refractivity contribution < 1.29 is 19.1 Å². The third-order valence-electron chi connectivity index (χ3n) is 3.30. The summed E-state index contributed by atoms with van der Waals surface area (Å²) in [5.74, 6) is -0.571. The van der Waals surface area contributed by atoms with Crippen LogP contribution < -0.4 is 5.32 Å². The predicted octanol–water partition coefficient (Wildman–Crippen LogP) is 4.32. The predicted molar refractivity (Wildman–Crippen MR) is 91.6 cm³/mol. The Morgan fingerprint density at radius 3 is 2.25 bits per heavy atom. The Morgan fingerprint density at radius 2 is 1.62 bits per heavy atom. The highest BCUT2D eigenvalue weighted by molar-refractivity contribution is 5.87. The molecule has 2 aromatic carbocycles. The molecule has 1 N–H and O–H groups in total. The summed E-state index contributed by atoms with van der Waals surface area (Å²) in [7, 11) is 0. The molecule has 24 heavy (non-hydrogen) atoms. The van der Waals surface area contributed by atoms with Gasteiger partial charge < -0.3 is 9.47 Å². The fourth-order valence-corrected chi connectivity index (χ4v) is 2.05. The van der Waals surface area contributed by atoms with Gasteiger partial charge in [0.1, 0.15) is 0 Å². The summed E-state index contributed by atoms with van der Waals surface area (Å²) in [6.45, 7) is 2.31. The van der Waals surface area contributed by atoms with Crippen molar-refractivity contribution in [3.63, 3.8) is 0 Å². The van der Waals surface area contributed by atoms with Crippen molar-refractivity contribution in [1.82, 2.24) is 0 Å². The minimum absolute atomic E-state index is 0.308. The van der Waals surface area contributed by atoms with Crippen LogP contribution in [0, 0.1) is 0 Å². The van der Waals surface area contributed by atoms with Gasteiger partial charge in [0.25, 0.3) is 0 Å². The number of hydrogen-bond donors (Lipinski definition) is 1. The van der Waals surface area contributed by atoms with Crippen LogP contribution in [0.5, 0.6) is 0 Å². The standard InChI is InChI=1S/C19H21NO4/c1-2-3-14-23-18(21)17(15-10-6-4-7-11-15)24-19(22)20-16-12-8-5-9-13-16/h4-13,17H,2-3,14H2,1H3,(H,20,22)/t17-/m1/s1. The number of rotatable bonds is 7. The van der Waals surface area contributed by atoms with E-state index in [-0.39, 0.29) is 0 Å². The molecule has 0 radical (unpaired) electrons. The van der Waals surface area contributed by atoms with Gasteiger partial charge in [0.2, 0.25) is 6.10 Å². The number of anilines is 1. The van der Waals surface area contributed by atoms with Crippen LogP contribution in [0.1, 0.15) is 31.4 Å². The summed E-state index contributed by atoms with van der Waals surface area (Å²) < 4.78 is 10.5. The van der Waals surface area contributed by atoms with Crippen molar-refractivity contribution in [1.29, 1.82) is 0 Å². The summed E-state index contributed by atoms with van der Waals surface area (Å²) >= 11 is 0. The van der Waals surface area contributed by atoms with Gasteiger partial charge in [0.15, 0.2) is 0 Å². The van der Waals surface area contributed by atoms with Gasteiger partial charge >= 0.3 is 12.1 Å². The van der Waals surface area contributed by atoms with E-state index in [1.165, 1.54) is 0 Å². The Hall–Kier alpha value is -2.82. The molecule has 0 bridgehead atoms. The number of ether oxygens (including phenoxy) is 2. The second kappa shape index (κ2) is 9.35. The normalized spacial score (nSPS) is 11.4. The maximum absolute atomic E-state index is 12.3. The quantitative estimate of drug-likeness (QED) is 0.607. The average Bonchev–Trinajstić information content (AvgIpc) is 2.61. The van der Waals surface area contributed by atoms with Crippen LogP contribution in [-0.4, -0.2) is 18.7 Å². The van der Waals surface area contributed by atoms with Crippen LogP contribution in [0.25, 0.3) is 0 Å². The molecule has 0 spiro atoms. The molecule has 0 heterocycles. The van der Waals surface area contributed by atoms with E-state index in [1.54, 1.807) is 48.5 Å². The van der Waals surface area contributed by atoms with Crippen LogP contribution in [0.15, 0.2) is 60.7 Å². The van der Waals surface area contributed by atoms with E-state index in [1.807, 2.05) is 19.1 Å². The zero-order chi connectivity index (χ0) is 17.2. The highest BCUT2D eigenvalue weighted by atomic mass is 16.6. The fraction of sp³-hybridized carbons (Fsp3) is 0.263. The van der Waals surface area contributed by atoms with Crippen molar-refractivity contribution in [2.75, 3.05) is 11.9 Å². The zero-order valence-corrected chi connectivity index (χ0v) is 13.6. The van der Waals surface area contributed by atoms with Crippen LogP contribution in [-0.2, 0) is 14.3 Å². The number of esters is 1. The van der Waals surface area contributed by atoms with Crippen LogP contribution >= 0.6 is 0 Å². The number of unbranched alkanes of at least 4 members (excludes halogenated alkanes) is 1. The molecule has 0 fully saturated rings. The smallest absolute Gasteiger partial charge is 0.412 e. The lowest BCUT2D eigenvalue weighted by Crippen LogP contribution is -2.25. The Bertz CT molecular complexity index is 643. The molecule has 2 aromatic rings. The molecule has 1 atom stereocenters. The molecule has 1 amide bonds. The molecule has 0 aliphatic carbocycles. The molecule has 5 nitrogen and oxygen atoms in total. The first-order chi connectivity index (χ1) is 11.7. The second-order valence-corrected chi connectivity index (χ2v) is 5.21. The molecule has 0 aromatic heterocycles. The van der Waals surface area contributed by atoms with Crippen LogP contribution in [0.3, 0.4) is 0 Å². The summed E-state index contributed by atoms with van der Waals surface area (Å²) in [5, 5.41) is 2.60. The molecule has 0 saturated heterocycles. The Labute approximate surface area is 141 Å². The molecule has 0 aliphatic rings. The summed E-state index contributed by atoms with van der Waals surface area (Å²) in [6.07, 6.45) is -0.114. The molecule has 5 heteroatoms. The largest absolute Gasteiger partial charge is 0.463 e. The van der Waals surface area contributed by atoms with Gasteiger partial charge in [-0.25, -0.2) is 9.59 Å². The third kappa shape index (κ3) is 5.43. The molecule has 2 rings (SSSR count). The summed E-state index contributed by atoms with van der Waals surface area (Å²) in [6, 6.07) is 17.7. The highest BCUT2D eigenvalue weighted by Gasteiger charge is 2.26. The first-order valence-corrected chi connectivity index (χ1v) is 7.95. The van der Waals surface area contributed by atoms with Crippen molar-refractivity contribution in [2.45, 2.75) is 25.9 Å². The topological polar surface area (TPSA) is 64.6 Å². The van der Waals surface area contributed by atoms with E-state index in [2.05, 4.69) is 5.32 Å². The minimum atomic E-state index is -1.09. The highest BCUT2D eigenvalue weighted by Crippen LogP contribution is 2.20. The van der Waals surface area contributed by atoms with Crippen molar-refractivity contribution in [2.24, 2.45) is 0 Å². The number of para-hydroxylation sites is 1. The van der Waals surface area contributed by atoms with E-state index in [4.69, 9.17) is 9.47 Å². The van der Waals surface area contributed by atoms with Crippen LogP contribution in [0.4, 0.5) is 10.5 Å². The van der Waals surface area contributed by atoms with E-state index in [0.717, 1.165) is 12.8 Å². The first kappa shape index (κ1) is 17.5. The molecule has 0 saturated carbocycles. The Morgan fingerprint density at radius 1 is 1.00 bits per heavy atom. The number of benzene rings is 2. The lowest BCUT2D eigenvalue weighted by Gasteiger charge is -2.17. The number of amides is 1. The monoisotopic (exact) mass is 327 g/mol. The minimum Gasteiger partial charge on any atom is -0.463 e. The summed E-state index contributed by atoms with van der Waals surface area (Å²) in [5.41, 5.74) is 1.16. The number of carbonyl (C=O) groups is 2. The summed E-state index contributed by atoms with van der Waals surface area (Å²) in [4.78, 5) is 24.4. The zero-order valence-electron chi connectivity index (χ0n) is 13.6. The van der Waals surface area contributed by atoms with Gasteiger partial charge in [-0.15, -0.1) is 0 Å². The van der Waals surface area contributed by atoms with Crippen LogP contribution in [0.2, 0.25) is 0 Å². The number of hydrogen-bond acceptors (Lipinski definition) is 4. The Kier molecular flexibility index (Phi) is 6.83. The lowest BCUT2D eigenvalue weighted by molar-refractivity contribution is -0.154. The second-order valence-electron chi connectivity index (χ2n) is 5.21. The average molecular weight is 327 g/mol. The van der Waals surface area contributed by atoms with Gasteiger partial charge in [-0.05, 0) is 18.6 Å². The molecular formula is C19H21NO4. The van der Waals surface area contributed by atoms with Gasteiger partial charge in [0.05, 0.1) is 6.61 Å². The lowest BCUT2D eigenvalue weighted by atomic mass is 10.1. The van der Waals surface area contributed by atoms with Gasteiger partial charge in [-0.2, -0.15) is 0 Å². The fourth-order valence-electron chi connectivity index (χ4n) is 2.05. The van der Waals surface area contributed by atoms with E-state index in [9.17, 15) is 9.59 Å². The molecule has 0 aliphatic heterocycles. The molecule has 126 valence electrons. The van der Waals surface area contributed by atoms with Gasteiger partial charge in [0, 0.05) is 11.3 Å². The number of nitrogens with one attached hydrogen (secondary N) is 1. The van der Waals surface area contributed by atoms with Crippen molar-refractivity contribution in [3.8, 4) is 0 Å². The van der Waals surface area contributed by atoms with E-state index < -0.39 is 18.2 Å². The van der Waals surface area contributed by atoms with Crippen molar-refractivity contribution in [3.05, 3.63) is 66.2 Å². The molecule has 0 unspecified atom stereocenters. The van der Waals surface area contributed by atoms with E-state index >= 15 is 0 Å². The third-order valence-corrected chi connectivity index (χ3v) is 3.30. The maximum Gasteiger partial charge on any atom is 0.412 e. The Balaban J connectivity index is 2.05. The first-order valence-electron chi connectivity index (χ1n) is 7.95. The maximum atomic E-state index is 12.3. The SMILES string of the molecule is CCCCOC(=O)[C@H](OC(=O)Nc1ccccc1)c1ccccc1. The van der Waals surface area contributed by atoms with E-state index in [0.29, 0.717) is 17.9 Å². The number of carbonyl (C=O) groups excluding carboxylic acids is 2. The van der Waals surface area contributed by atoms with Gasteiger partial charge in [-0.1, -0.05) is 61.9 Å².